The molecule has 1 aromatic carbocycles. The average Bonchev–Trinajstić information content (AvgIpc) is 2.01. The van der Waals surface area contributed by atoms with E-state index in [9.17, 15) is 4.79 Å². The van der Waals surface area contributed by atoms with Gasteiger partial charge in [-0.15, -0.1) is 0 Å². The third-order valence-electron chi connectivity index (χ3n) is 1.70. The zero-order valence-electron chi connectivity index (χ0n) is 7.21. The lowest BCUT2D eigenvalue weighted by Gasteiger charge is -2.06. The number of carbonyl (C=O) groups is 1. The Labute approximate surface area is 91.4 Å². The van der Waals surface area contributed by atoms with Gasteiger partial charge in [0.15, 0.2) is 0 Å². The molecule has 5 heteroatoms. The molecule has 3 N–H and O–H groups in total. The molecule has 0 fully saturated rings. The molecular weight excluding hydrogens is 225 g/mol. The van der Waals surface area contributed by atoms with Crippen LogP contribution in [-0.2, 0) is 11.2 Å². The molecule has 3 nitrogen and oxygen atoms in total. The number of nitrogens with two attached hydrogens (primary N) is 1. The Balaban J connectivity index is 2.81. The van der Waals surface area contributed by atoms with Crippen molar-refractivity contribution in [1.82, 2.24) is 0 Å². The lowest BCUT2D eigenvalue weighted by Crippen LogP contribution is -2.32. The summed E-state index contributed by atoms with van der Waals surface area (Å²) in [6, 6.07) is 3.95. The molecule has 0 saturated carbocycles. The number of hydrogen-bond donors (Lipinski definition) is 2. The zero-order valence-corrected chi connectivity index (χ0v) is 8.72. The minimum absolute atomic E-state index is 0.218. The minimum Gasteiger partial charge on any atom is -0.480 e. The van der Waals surface area contributed by atoms with Gasteiger partial charge in [0.2, 0.25) is 0 Å². The van der Waals surface area contributed by atoms with Gasteiger partial charge in [0.25, 0.3) is 0 Å². The van der Waals surface area contributed by atoms with Crippen molar-refractivity contribution in [3.63, 3.8) is 0 Å². The third kappa shape index (κ3) is 3.18. The molecule has 0 aliphatic rings. The molecule has 0 radical (unpaired) electrons. The summed E-state index contributed by atoms with van der Waals surface area (Å²) in [6.07, 6.45) is 0.218. The molecule has 0 heterocycles. The molecule has 1 atom stereocenters. The molecule has 0 aliphatic heterocycles. The highest BCUT2D eigenvalue weighted by Crippen LogP contribution is 2.19. The van der Waals surface area contributed by atoms with E-state index < -0.39 is 12.0 Å². The number of halogens is 2. The van der Waals surface area contributed by atoms with E-state index in [1.165, 1.54) is 0 Å². The summed E-state index contributed by atoms with van der Waals surface area (Å²) in [7, 11) is 0. The Kier molecular flexibility index (Phi) is 3.75. The Morgan fingerprint density at radius 2 is 1.86 bits per heavy atom. The van der Waals surface area contributed by atoms with Crippen LogP contribution in [0.25, 0.3) is 0 Å². The molecular formula is C9H9Cl2NO2. The van der Waals surface area contributed by atoms with Gasteiger partial charge in [0.1, 0.15) is 6.04 Å². The van der Waals surface area contributed by atoms with Crippen LogP contribution >= 0.6 is 23.2 Å². The van der Waals surface area contributed by atoms with Gasteiger partial charge in [-0.1, -0.05) is 23.2 Å². The average molecular weight is 234 g/mol. The molecule has 0 unspecified atom stereocenters. The fourth-order valence-corrected chi connectivity index (χ4v) is 1.64. The first-order valence-electron chi connectivity index (χ1n) is 3.92. The highest BCUT2D eigenvalue weighted by atomic mass is 35.5. The maximum atomic E-state index is 10.5. The van der Waals surface area contributed by atoms with Crippen LogP contribution in [0.3, 0.4) is 0 Å². The first-order valence-corrected chi connectivity index (χ1v) is 4.68. The molecule has 0 aromatic heterocycles. The molecule has 1 aromatic rings. The van der Waals surface area contributed by atoms with Gasteiger partial charge in [-0.05, 0) is 30.2 Å². The Morgan fingerprint density at radius 1 is 1.36 bits per heavy atom. The van der Waals surface area contributed by atoms with Crippen molar-refractivity contribution in [1.29, 1.82) is 0 Å². The summed E-state index contributed by atoms with van der Waals surface area (Å²) in [6.45, 7) is 0. The zero-order chi connectivity index (χ0) is 10.7. The highest BCUT2D eigenvalue weighted by molar-refractivity contribution is 6.34. The van der Waals surface area contributed by atoms with Crippen LogP contribution in [0.4, 0.5) is 0 Å². The van der Waals surface area contributed by atoms with Gasteiger partial charge in [-0.25, -0.2) is 0 Å². The van der Waals surface area contributed by atoms with E-state index in [-0.39, 0.29) is 6.42 Å². The van der Waals surface area contributed by atoms with E-state index in [2.05, 4.69) is 0 Å². The van der Waals surface area contributed by atoms with Crippen LogP contribution in [0.1, 0.15) is 5.56 Å². The first kappa shape index (κ1) is 11.3. The van der Waals surface area contributed by atoms with E-state index in [0.29, 0.717) is 10.0 Å². The quantitative estimate of drug-likeness (QED) is 0.839. The molecule has 0 bridgehead atoms. The van der Waals surface area contributed by atoms with Gasteiger partial charge in [0.05, 0.1) is 0 Å². The summed E-state index contributed by atoms with van der Waals surface area (Å²) < 4.78 is 0. The molecule has 0 aliphatic carbocycles. The second-order valence-electron chi connectivity index (χ2n) is 2.93. The van der Waals surface area contributed by atoms with Crippen LogP contribution in [-0.4, -0.2) is 17.1 Å². The monoisotopic (exact) mass is 233 g/mol. The summed E-state index contributed by atoms with van der Waals surface area (Å²) >= 11 is 11.5. The van der Waals surface area contributed by atoms with Gasteiger partial charge in [-0.3, -0.25) is 4.79 Å². The highest BCUT2D eigenvalue weighted by Gasteiger charge is 2.12. The number of carboxylic acid groups (broad SMARTS) is 1. The van der Waals surface area contributed by atoms with Crippen molar-refractivity contribution in [2.75, 3.05) is 0 Å². The second-order valence-corrected chi connectivity index (χ2v) is 3.80. The number of rotatable bonds is 3. The van der Waals surface area contributed by atoms with Crippen LogP contribution in [0.5, 0.6) is 0 Å². The topological polar surface area (TPSA) is 63.3 Å². The first-order chi connectivity index (χ1) is 6.49. The van der Waals surface area contributed by atoms with E-state index in [1.54, 1.807) is 18.2 Å². The standard InChI is InChI=1S/C9H9Cl2NO2/c10-6-1-5(2-7(11)4-6)3-8(12)9(13)14/h1-2,4,8H,3,12H2,(H,13,14)/t8-/m0/s1. The van der Waals surface area contributed by atoms with E-state index >= 15 is 0 Å². The number of aliphatic carboxylic acids is 1. The fourth-order valence-electron chi connectivity index (χ4n) is 1.07. The van der Waals surface area contributed by atoms with Crippen molar-refractivity contribution < 1.29 is 9.90 Å². The van der Waals surface area contributed by atoms with Crippen molar-refractivity contribution >= 4 is 29.2 Å². The molecule has 0 amide bonds. The lowest BCUT2D eigenvalue weighted by molar-refractivity contribution is -0.138. The van der Waals surface area contributed by atoms with Crippen LogP contribution in [0, 0.1) is 0 Å². The van der Waals surface area contributed by atoms with Crippen LogP contribution < -0.4 is 5.73 Å². The van der Waals surface area contributed by atoms with Gasteiger partial charge in [0, 0.05) is 10.0 Å². The summed E-state index contributed by atoms with van der Waals surface area (Å²) in [4.78, 5) is 10.5. The molecule has 0 saturated heterocycles. The second kappa shape index (κ2) is 4.64. The maximum Gasteiger partial charge on any atom is 0.320 e. The number of hydrogen-bond acceptors (Lipinski definition) is 2. The van der Waals surface area contributed by atoms with E-state index in [1.807, 2.05) is 0 Å². The minimum atomic E-state index is -1.04. The maximum absolute atomic E-state index is 10.5. The van der Waals surface area contributed by atoms with Gasteiger partial charge >= 0.3 is 5.97 Å². The van der Waals surface area contributed by atoms with Crippen molar-refractivity contribution in [2.24, 2.45) is 5.73 Å². The Hall–Kier alpha value is -0.770. The van der Waals surface area contributed by atoms with E-state index in [4.69, 9.17) is 34.0 Å². The number of benzene rings is 1. The number of carboxylic acids is 1. The SMILES string of the molecule is N[C@@H](Cc1cc(Cl)cc(Cl)c1)C(=O)O. The van der Waals surface area contributed by atoms with Gasteiger partial charge < -0.3 is 10.8 Å². The van der Waals surface area contributed by atoms with Crippen molar-refractivity contribution in [3.05, 3.63) is 33.8 Å². The normalized spacial score (nSPS) is 12.5. The predicted molar refractivity (Wildman–Crippen MR) is 55.8 cm³/mol. The largest absolute Gasteiger partial charge is 0.480 e. The smallest absolute Gasteiger partial charge is 0.320 e. The molecule has 1 rings (SSSR count). The van der Waals surface area contributed by atoms with Crippen molar-refractivity contribution in [3.8, 4) is 0 Å². The molecule has 0 spiro atoms. The van der Waals surface area contributed by atoms with Crippen LogP contribution in [0.2, 0.25) is 10.0 Å². The summed E-state index contributed by atoms with van der Waals surface area (Å²) in [5, 5.41) is 9.54. The molecule has 14 heavy (non-hydrogen) atoms. The summed E-state index contributed by atoms with van der Waals surface area (Å²) in [5.41, 5.74) is 6.08. The predicted octanol–water partition coefficient (Wildman–Crippen LogP) is 1.95. The molecule has 76 valence electrons. The lowest BCUT2D eigenvalue weighted by atomic mass is 10.1. The Morgan fingerprint density at radius 3 is 2.29 bits per heavy atom. The fraction of sp³-hybridized carbons (Fsp3) is 0.222. The van der Waals surface area contributed by atoms with Gasteiger partial charge in [-0.2, -0.15) is 0 Å². The van der Waals surface area contributed by atoms with Crippen LogP contribution in [0.15, 0.2) is 18.2 Å². The Bertz CT molecular complexity index is 334. The van der Waals surface area contributed by atoms with Crippen molar-refractivity contribution in [2.45, 2.75) is 12.5 Å². The van der Waals surface area contributed by atoms with E-state index in [0.717, 1.165) is 5.56 Å². The summed E-state index contributed by atoms with van der Waals surface area (Å²) in [5.74, 6) is -1.04. The third-order valence-corrected chi connectivity index (χ3v) is 2.13.